The third-order valence-corrected chi connectivity index (χ3v) is 3.85. The molecule has 148 valence electrons. The molecule has 1 atom stereocenters. The van der Waals surface area contributed by atoms with Crippen molar-refractivity contribution in [2.45, 2.75) is 26.3 Å². The molecular weight excluding hydrogens is 358 g/mol. The molecule has 28 heavy (non-hydrogen) atoms. The average molecular weight is 383 g/mol. The Kier molecular flexibility index (Phi) is 8.02. The zero-order chi connectivity index (χ0) is 20.4. The number of rotatable bonds is 9. The van der Waals surface area contributed by atoms with Gasteiger partial charge in [-0.2, -0.15) is 5.10 Å². The van der Waals surface area contributed by atoms with Crippen molar-refractivity contribution in [3.8, 4) is 11.5 Å². The third kappa shape index (κ3) is 6.75. The van der Waals surface area contributed by atoms with Gasteiger partial charge in [0, 0.05) is 0 Å². The number of nitrogens with one attached hydrogen (secondary N) is 2. The fraction of sp³-hybridized carbons (Fsp3) is 0.286. The molecule has 7 heteroatoms. The predicted octanol–water partition coefficient (Wildman–Crippen LogP) is 2.29. The highest BCUT2D eigenvalue weighted by Gasteiger charge is 2.15. The van der Waals surface area contributed by atoms with E-state index in [-0.39, 0.29) is 12.3 Å². The molecule has 0 fully saturated rings. The molecular formula is C21H25N3O4. The predicted molar refractivity (Wildman–Crippen MR) is 108 cm³/mol. The van der Waals surface area contributed by atoms with Gasteiger partial charge in [-0.05, 0) is 49.2 Å². The Balaban J connectivity index is 1.81. The van der Waals surface area contributed by atoms with E-state index >= 15 is 0 Å². The number of hydrogen-bond acceptors (Lipinski definition) is 5. The van der Waals surface area contributed by atoms with Crippen LogP contribution in [-0.2, 0) is 16.0 Å². The number of amides is 2. The van der Waals surface area contributed by atoms with Gasteiger partial charge in [-0.1, -0.05) is 24.3 Å². The molecule has 7 nitrogen and oxygen atoms in total. The highest BCUT2D eigenvalue weighted by molar-refractivity contribution is 5.89. The molecule has 2 rings (SSSR count). The molecule has 0 heterocycles. The molecule has 0 spiro atoms. The van der Waals surface area contributed by atoms with Gasteiger partial charge in [0.05, 0.1) is 26.4 Å². The SMILES string of the molecule is CCOc1cccc(C=NNC(=O)C(C)NC(=O)Cc2ccc(OC)cc2)c1. The van der Waals surface area contributed by atoms with Gasteiger partial charge in [0.2, 0.25) is 5.91 Å². The van der Waals surface area contributed by atoms with Crippen LogP contribution in [0.25, 0.3) is 0 Å². The van der Waals surface area contributed by atoms with Crippen molar-refractivity contribution in [3.05, 3.63) is 59.7 Å². The molecule has 2 amide bonds. The number of carbonyl (C=O) groups excluding carboxylic acids is 2. The highest BCUT2D eigenvalue weighted by atomic mass is 16.5. The van der Waals surface area contributed by atoms with Gasteiger partial charge in [0.25, 0.3) is 5.91 Å². The molecule has 0 aromatic heterocycles. The lowest BCUT2D eigenvalue weighted by molar-refractivity contribution is -0.128. The minimum absolute atomic E-state index is 0.176. The van der Waals surface area contributed by atoms with Gasteiger partial charge in [0.1, 0.15) is 17.5 Å². The molecule has 0 aliphatic carbocycles. The Morgan fingerprint density at radius 1 is 1.14 bits per heavy atom. The maximum atomic E-state index is 12.1. The second kappa shape index (κ2) is 10.7. The van der Waals surface area contributed by atoms with Crippen molar-refractivity contribution in [1.82, 2.24) is 10.7 Å². The zero-order valence-corrected chi connectivity index (χ0v) is 16.3. The van der Waals surface area contributed by atoms with Gasteiger partial charge in [0.15, 0.2) is 0 Å². The average Bonchev–Trinajstić information content (AvgIpc) is 2.69. The van der Waals surface area contributed by atoms with Crippen LogP contribution in [0.4, 0.5) is 0 Å². The standard InChI is InChI=1S/C21H25N3O4/c1-4-28-19-7-5-6-17(12-19)14-22-24-21(26)15(2)23-20(25)13-16-8-10-18(27-3)11-9-16/h5-12,14-15H,4,13H2,1-3H3,(H,23,25)(H,24,26). The number of nitrogens with zero attached hydrogens (tertiary/aromatic N) is 1. The molecule has 0 saturated carbocycles. The summed E-state index contributed by atoms with van der Waals surface area (Å²) >= 11 is 0. The van der Waals surface area contributed by atoms with Crippen molar-refractivity contribution >= 4 is 18.0 Å². The minimum Gasteiger partial charge on any atom is -0.497 e. The molecule has 2 aromatic rings. The van der Waals surface area contributed by atoms with E-state index in [1.807, 2.05) is 43.3 Å². The molecule has 1 unspecified atom stereocenters. The van der Waals surface area contributed by atoms with Crippen molar-refractivity contribution in [1.29, 1.82) is 0 Å². The maximum Gasteiger partial charge on any atom is 0.262 e. The van der Waals surface area contributed by atoms with Gasteiger partial charge < -0.3 is 14.8 Å². The van der Waals surface area contributed by atoms with Crippen LogP contribution in [0.5, 0.6) is 11.5 Å². The summed E-state index contributed by atoms with van der Waals surface area (Å²) in [7, 11) is 1.58. The fourth-order valence-electron chi connectivity index (χ4n) is 2.41. The third-order valence-electron chi connectivity index (χ3n) is 3.85. The first-order valence-corrected chi connectivity index (χ1v) is 9.00. The second-order valence-electron chi connectivity index (χ2n) is 6.05. The summed E-state index contributed by atoms with van der Waals surface area (Å²) in [4.78, 5) is 24.2. The number of carbonyl (C=O) groups is 2. The molecule has 0 aliphatic rings. The quantitative estimate of drug-likeness (QED) is 0.514. The number of ether oxygens (including phenoxy) is 2. The normalized spacial score (nSPS) is 11.7. The summed E-state index contributed by atoms with van der Waals surface area (Å²) in [6, 6.07) is 13.8. The lowest BCUT2D eigenvalue weighted by atomic mass is 10.1. The zero-order valence-electron chi connectivity index (χ0n) is 16.3. The Bertz CT molecular complexity index is 819. The summed E-state index contributed by atoms with van der Waals surface area (Å²) in [5.41, 5.74) is 4.05. The van der Waals surface area contributed by atoms with Crippen LogP contribution in [0.2, 0.25) is 0 Å². The van der Waals surface area contributed by atoms with Gasteiger partial charge >= 0.3 is 0 Å². The highest BCUT2D eigenvalue weighted by Crippen LogP contribution is 2.12. The van der Waals surface area contributed by atoms with E-state index in [0.29, 0.717) is 6.61 Å². The Labute approximate surface area is 164 Å². The van der Waals surface area contributed by atoms with E-state index in [0.717, 1.165) is 22.6 Å². The van der Waals surface area contributed by atoms with Gasteiger partial charge in [-0.15, -0.1) is 0 Å². The van der Waals surface area contributed by atoms with Crippen LogP contribution in [0.15, 0.2) is 53.6 Å². The topological polar surface area (TPSA) is 89.0 Å². The monoisotopic (exact) mass is 383 g/mol. The van der Waals surface area contributed by atoms with E-state index in [9.17, 15) is 9.59 Å². The molecule has 0 radical (unpaired) electrons. The lowest BCUT2D eigenvalue weighted by Crippen LogP contribution is -2.43. The summed E-state index contributed by atoms with van der Waals surface area (Å²) < 4.78 is 10.5. The largest absolute Gasteiger partial charge is 0.497 e. The minimum atomic E-state index is -0.711. The van der Waals surface area contributed by atoms with E-state index in [1.165, 1.54) is 6.21 Å². The molecule has 0 saturated heterocycles. The first-order valence-electron chi connectivity index (χ1n) is 9.00. The lowest BCUT2D eigenvalue weighted by Gasteiger charge is -2.12. The number of hydrogen-bond donors (Lipinski definition) is 2. The summed E-state index contributed by atoms with van der Waals surface area (Å²) in [5, 5.41) is 6.58. The van der Waals surface area contributed by atoms with Crippen LogP contribution in [0.3, 0.4) is 0 Å². The summed E-state index contributed by atoms with van der Waals surface area (Å²) in [5.74, 6) is 0.806. The van der Waals surface area contributed by atoms with Crippen LogP contribution >= 0.6 is 0 Å². The van der Waals surface area contributed by atoms with Crippen LogP contribution in [0.1, 0.15) is 25.0 Å². The maximum absolute atomic E-state index is 12.1. The number of methoxy groups -OCH3 is 1. The summed E-state index contributed by atoms with van der Waals surface area (Å²) in [6.45, 7) is 4.09. The van der Waals surface area contributed by atoms with Crippen molar-refractivity contribution < 1.29 is 19.1 Å². The van der Waals surface area contributed by atoms with Gasteiger partial charge in [-0.3, -0.25) is 9.59 Å². The number of benzene rings is 2. The first-order chi connectivity index (χ1) is 13.5. The van der Waals surface area contributed by atoms with Crippen molar-refractivity contribution in [2.75, 3.05) is 13.7 Å². The van der Waals surface area contributed by atoms with Crippen molar-refractivity contribution in [3.63, 3.8) is 0 Å². The van der Waals surface area contributed by atoms with Crippen LogP contribution < -0.4 is 20.2 Å². The van der Waals surface area contributed by atoms with Crippen molar-refractivity contribution in [2.24, 2.45) is 5.10 Å². The smallest absolute Gasteiger partial charge is 0.262 e. The van der Waals surface area contributed by atoms with Gasteiger partial charge in [-0.25, -0.2) is 5.43 Å². The Morgan fingerprint density at radius 3 is 2.57 bits per heavy atom. The molecule has 0 bridgehead atoms. The second-order valence-corrected chi connectivity index (χ2v) is 6.05. The van der Waals surface area contributed by atoms with E-state index in [1.54, 1.807) is 26.2 Å². The Hall–Kier alpha value is -3.35. The van der Waals surface area contributed by atoms with E-state index in [2.05, 4.69) is 15.8 Å². The molecule has 2 aromatic carbocycles. The fourth-order valence-corrected chi connectivity index (χ4v) is 2.41. The van der Waals surface area contributed by atoms with Crippen LogP contribution in [0, 0.1) is 0 Å². The van der Waals surface area contributed by atoms with Crippen LogP contribution in [-0.4, -0.2) is 37.8 Å². The molecule has 2 N–H and O–H groups in total. The molecule has 0 aliphatic heterocycles. The Morgan fingerprint density at radius 2 is 1.89 bits per heavy atom. The first kappa shape index (κ1) is 21.0. The van der Waals surface area contributed by atoms with E-state index < -0.39 is 11.9 Å². The number of hydrazone groups is 1. The van der Waals surface area contributed by atoms with E-state index in [4.69, 9.17) is 9.47 Å². The summed E-state index contributed by atoms with van der Waals surface area (Å²) in [6.07, 6.45) is 1.70.